The van der Waals surface area contributed by atoms with Crippen molar-refractivity contribution >= 4 is 0 Å². The van der Waals surface area contributed by atoms with Crippen molar-refractivity contribution < 1.29 is 0 Å². The maximum Gasteiger partial charge on any atom is -0.0323 e. The number of hydrogen-bond donors (Lipinski definition) is 0. The lowest BCUT2D eigenvalue weighted by Gasteiger charge is -2.24. The third-order valence-corrected chi connectivity index (χ3v) is 3.79. The fraction of sp³-hybridized carbons (Fsp3) is 1.00. The molecule has 1 aliphatic carbocycles. The number of unbranched alkanes of at least 4 members (excludes halogenated alkanes) is 3. The average molecular weight is 182 g/mol. The molecule has 0 nitrogen and oxygen atoms in total. The van der Waals surface area contributed by atoms with Crippen LogP contribution >= 0.6 is 0 Å². The van der Waals surface area contributed by atoms with Gasteiger partial charge in [-0.25, -0.2) is 0 Å². The highest BCUT2D eigenvalue weighted by molar-refractivity contribution is 4.93. The van der Waals surface area contributed by atoms with E-state index in [1.54, 1.807) is 0 Å². The smallest absolute Gasteiger partial charge is 0.0323 e. The summed E-state index contributed by atoms with van der Waals surface area (Å²) in [7, 11) is 0. The van der Waals surface area contributed by atoms with Gasteiger partial charge in [0.2, 0.25) is 0 Å². The van der Waals surface area contributed by atoms with Gasteiger partial charge in [0.15, 0.2) is 0 Å². The van der Waals surface area contributed by atoms with Crippen LogP contribution < -0.4 is 0 Å². The van der Waals surface area contributed by atoms with E-state index in [-0.39, 0.29) is 0 Å². The van der Waals surface area contributed by atoms with Gasteiger partial charge in [0.25, 0.3) is 0 Å². The van der Waals surface area contributed by atoms with Crippen LogP contribution in [0.2, 0.25) is 0 Å². The summed E-state index contributed by atoms with van der Waals surface area (Å²) in [5.41, 5.74) is 0.632. The van der Waals surface area contributed by atoms with Crippen LogP contribution in [0.5, 0.6) is 0 Å². The minimum absolute atomic E-state index is 0.632. The normalized spacial score (nSPS) is 27.7. The standard InChI is InChI=1S/C13H26/c1-5-6-7-8-9-13(3,4)12-10-11(12)2/h11-12H,5-10H2,1-4H3. The molecule has 0 aromatic rings. The highest BCUT2D eigenvalue weighted by Crippen LogP contribution is 2.52. The first-order valence-electron chi connectivity index (χ1n) is 6.08. The highest BCUT2D eigenvalue weighted by Gasteiger charge is 2.43. The molecule has 0 bridgehead atoms. The molecule has 1 saturated carbocycles. The van der Waals surface area contributed by atoms with Crippen LogP contribution in [0.3, 0.4) is 0 Å². The van der Waals surface area contributed by atoms with Crippen LogP contribution in [-0.4, -0.2) is 0 Å². The van der Waals surface area contributed by atoms with E-state index in [9.17, 15) is 0 Å². The van der Waals surface area contributed by atoms with Crippen molar-refractivity contribution in [1.29, 1.82) is 0 Å². The number of hydrogen-bond acceptors (Lipinski definition) is 0. The molecule has 0 spiro atoms. The van der Waals surface area contributed by atoms with Crippen molar-refractivity contribution in [1.82, 2.24) is 0 Å². The summed E-state index contributed by atoms with van der Waals surface area (Å²) in [6.07, 6.45) is 8.62. The SMILES string of the molecule is CCCCCCC(C)(C)C1CC1C. The Labute approximate surface area is 84.1 Å². The lowest BCUT2D eigenvalue weighted by atomic mass is 9.81. The van der Waals surface area contributed by atoms with E-state index in [2.05, 4.69) is 27.7 Å². The second kappa shape index (κ2) is 4.48. The molecule has 1 rings (SSSR count). The first-order valence-corrected chi connectivity index (χ1v) is 6.08. The van der Waals surface area contributed by atoms with Crippen molar-refractivity contribution in [3.63, 3.8) is 0 Å². The number of rotatable bonds is 6. The van der Waals surface area contributed by atoms with E-state index < -0.39 is 0 Å². The molecule has 0 heterocycles. The molecule has 2 unspecified atom stereocenters. The van der Waals surface area contributed by atoms with Crippen molar-refractivity contribution in [2.24, 2.45) is 17.3 Å². The third kappa shape index (κ3) is 3.32. The zero-order valence-corrected chi connectivity index (χ0v) is 9.90. The van der Waals surface area contributed by atoms with Crippen LogP contribution in [0, 0.1) is 17.3 Å². The molecule has 0 N–H and O–H groups in total. The summed E-state index contributed by atoms with van der Waals surface area (Å²) in [5.74, 6) is 2.05. The van der Waals surface area contributed by atoms with Gasteiger partial charge in [-0.2, -0.15) is 0 Å². The van der Waals surface area contributed by atoms with Crippen molar-refractivity contribution in [3.8, 4) is 0 Å². The van der Waals surface area contributed by atoms with E-state index in [1.807, 2.05) is 0 Å². The molecular weight excluding hydrogens is 156 g/mol. The maximum atomic E-state index is 2.47. The first-order chi connectivity index (χ1) is 6.08. The Morgan fingerprint density at radius 1 is 1.15 bits per heavy atom. The minimum atomic E-state index is 0.632. The Morgan fingerprint density at radius 2 is 1.77 bits per heavy atom. The van der Waals surface area contributed by atoms with Crippen molar-refractivity contribution in [3.05, 3.63) is 0 Å². The largest absolute Gasteiger partial charge is 0.0654 e. The van der Waals surface area contributed by atoms with Gasteiger partial charge in [-0.1, -0.05) is 53.4 Å². The lowest BCUT2D eigenvalue weighted by molar-refractivity contribution is 0.260. The Kier molecular flexibility index (Phi) is 3.82. The van der Waals surface area contributed by atoms with Crippen molar-refractivity contribution in [2.75, 3.05) is 0 Å². The van der Waals surface area contributed by atoms with E-state index in [1.165, 1.54) is 38.5 Å². The molecular formula is C13H26. The molecule has 1 fully saturated rings. The zero-order valence-electron chi connectivity index (χ0n) is 9.90. The Balaban J connectivity index is 2.11. The van der Waals surface area contributed by atoms with Crippen LogP contribution in [0.4, 0.5) is 0 Å². The third-order valence-electron chi connectivity index (χ3n) is 3.79. The second-order valence-electron chi connectivity index (χ2n) is 5.62. The molecule has 2 atom stereocenters. The van der Waals surface area contributed by atoms with Gasteiger partial charge in [0, 0.05) is 0 Å². The fourth-order valence-corrected chi connectivity index (χ4v) is 2.60. The van der Waals surface area contributed by atoms with Gasteiger partial charge < -0.3 is 0 Å². The molecule has 1 aliphatic rings. The summed E-state index contributed by atoms with van der Waals surface area (Å²) in [6.45, 7) is 9.62. The quantitative estimate of drug-likeness (QED) is 0.525. The molecule has 0 heteroatoms. The molecule has 0 aromatic carbocycles. The molecule has 0 radical (unpaired) electrons. The maximum absolute atomic E-state index is 2.47. The molecule has 0 saturated heterocycles. The van der Waals surface area contributed by atoms with E-state index >= 15 is 0 Å². The monoisotopic (exact) mass is 182 g/mol. The van der Waals surface area contributed by atoms with Crippen LogP contribution in [0.15, 0.2) is 0 Å². The zero-order chi connectivity index (χ0) is 9.90. The van der Waals surface area contributed by atoms with Gasteiger partial charge in [-0.3, -0.25) is 0 Å². The predicted octanol–water partition coefficient (Wildman–Crippen LogP) is 4.64. The van der Waals surface area contributed by atoms with Gasteiger partial charge in [0.1, 0.15) is 0 Å². The summed E-state index contributed by atoms with van der Waals surface area (Å²) in [4.78, 5) is 0. The van der Waals surface area contributed by atoms with E-state index in [0.29, 0.717) is 5.41 Å². The first kappa shape index (κ1) is 11.1. The summed E-state index contributed by atoms with van der Waals surface area (Å²) >= 11 is 0. The van der Waals surface area contributed by atoms with Gasteiger partial charge in [-0.05, 0) is 30.1 Å². The van der Waals surface area contributed by atoms with Gasteiger partial charge >= 0.3 is 0 Å². The van der Waals surface area contributed by atoms with E-state index in [4.69, 9.17) is 0 Å². The topological polar surface area (TPSA) is 0 Å². The Morgan fingerprint density at radius 3 is 2.23 bits per heavy atom. The summed E-state index contributed by atoms with van der Waals surface area (Å²) in [5, 5.41) is 0. The highest BCUT2D eigenvalue weighted by atomic mass is 14.5. The van der Waals surface area contributed by atoms with Crippen molar-refractivity contribution in [2.45, 2.75) is 66.2 Å². The molecule has 78 valence electrons. The van der Waals surface area contributed by atoms with Gasteiger partial charge in [-0.15, -0.1) is 0 Å². The summed E-state index contributed by atoms with van der Waals surface area (Å²) in [6, 6.07) is 0. The Bertz CT molecular complexity index is 146. The molecule has 0 amide bonds. The fourth-order valence-electron chi connectivity index (χ4n) is 2.60. The lowest BCUT2D eigenvalue weighted by Crippen LogP contribution is -2.14. The van der Waals surface area contributed by atoms with Crippen LogP contribution in [0.25, 0.3) is 0 Å². The summed E-state index contributed by atoms with van der Waals surface area (Å²) < 4.78 is 0. The predicted molar refractivity (Wildman–Crippen MR) is 59.8 cm³/mol. The van der Waals surface area contributed by atoms with Gasteiger partial charge in [0.05, 0.1) is 0 Å². The average Bonchev–Trinajstić information content (AvgIpc) is 2.77. The second-order valence-corrected chi connectivity index (χ2v) is 5.62. The van der Waals surface area contributed by atoms with Crippen LogP contribution in [-0.2, 0) is 0 Å². The molecule has 0 aromatic heterocycles. The Hall–Kier alpha value is 0. The molecule has 13 heavy (non-hydrogen) atoms. The molecule has 0 aliphatic heterocycles. The van der Waals surface area contributed by atoms with E-state index in [0.717, 1.165) is 11.8 Å². The minimum Gasteiger partial charge on any atom is -0.0654 e. The van der Waals surface area contributed by atoms with Crippen LogP contribution in [0.1, 0.15) is 66.2 Å².